The van der Waals surface area contributed by atoms with Gasteiger partial charge in [0.05, 0.1) is 12.5 Å². The maximum absolute atomic E-state index is 12.4. The molecule has 0 unspecified atom stereocenters. The molecule has 0 spiro atoms. The van der Waals surface area contributed by atoms with Crippen molar-refractivity contribution in [3.05, 3.63) is 0 Å². The van der Waals surface area contributed by atoms with Crippen LogP contribution in [0.1, 0.15) is 27.2 Å². The van der Waals surface area contributed by atoms with E-state index in [1.807, 2.05) is 0 Å². The second-order valence-corrected chi connectivity index (χ2v) is 7.22. The molecule has 2 heterocycles. The molecule has 2 rings (SSSR count). The Morgan fingerprint density at radius 2 is 2.05 bits per heavy atom. The van der Waals surface area contributed by atoms with Gasteiger partial charge in [-0.05, 0) is 20.8 Å². The van der Waals surface area contributed by atoms with Crippen molar-refractivity contribution in [3.8, 4) is 0 Å². The number of esters is 1. The van der Waals surface area contributed by atoms with Gasteiger partial charge in [-0.25, -0.2) is 9.59 Å². The summed E-state index contributed by atoms with van der Waals surface area (Å²) in [5, 5.41) is 2.48. The molecule has 7 nitrogen and oxygen atoms in total. The van der Waals surface area contributed by atoms with Crippen LogP contribution in [-0.4, -0.2) is 58.8 Å². The molecule has 2 saturated heterocycles. The highest BCUT2D eigenvalue weighted by atomic mass is 32.2. The van der Waals surface area contributed by atoms with E-state index in [0.717, 1.165) is 0 Å². The van der Waals surface area contributed by atoms with Crippen LogP contribution in [0.2, 0.25) is 0 Å². The molecule has 0 saturated carbocycles. The highest BCUT2D eigenvalue weighted by Gasteiger charge is 2.50. The lowest BCUT2D eigenvalue weighted by atomic mass is 10.2. The zero-order valence-corrected chi connectivity index (χ0v) is 13.4. The fraction of sp³-hybridized carbons (Fsp3) is 0.769. The van der Waals surface area contributed by atoms with Crippen LogP contribution in [0, 0.1) is 0 Å². The van der Waals surface area contributed by atoms with Crippen molar-refractivity contribution in [1.82, 2.24) is 10.2 Å². The Balaban J connectivity index is 1.99. The van der Waals surface area contributed by atoms with E-state index >= 15 is 0 Å². The van der Waals surface area contributed by atoms with E-state index in [4.69, 9.17) is 9.47 Å². The predicted octanol–water partition coefficient (Wildman–Crippen LogP) is 0.726. The van der Waals surface area contributed by atoms with Crippen molar-refractivity contribution in [2.75, 3.05) is 12.9 Å². The minimum absolute atomic E-state index is 0.0958. The molecule has 0 aromatic rings. The Bertz CT molecular complexity index is 462. The SMILES string of the molecule is COC(=O)[C@H]1CS[C@@H]2C[C@@H](NC(=O)OC(C)(C)C)C(=O)N12. The number of hydrogen-bond acceptors (Lipinski definition) is 6. The van der Waals surface area contributed by atoms with E-state index in [1.54, 1.807) is 20.8 Å². The Kier molecular flexibility index (Phi) is 4.36. The number of nitrogens with zero attached hydrogens (tertiary/aromatic N) is 1. The van der Waals surface area contributed by atoms with Crippen molar-refractivity contribution in [1.29, 1.82) is 0 Å². The van der Waals surface area contributed by atoms with Gasteiger partial charge in [0.25, 0.3) is 0 Å². The molecule has 0 aromatic heterocycles. The number of hydrogen-bond donors (Lipinski definition) is 1. The van der Waals surface area contributed by atoms with Crippen molar-refractivity contribution in [2.45, 2.75) is 50.3 Å². The zero-order valence-electron chi connectivity index (χ0n) is 12.5. The number of rotatable bonds is 2. The number of alkyl carbamates (subject to hydrolysis) is 1. The normalized spacial score (nSPS) is 28.3. The standard InChI is InChI=1S/C13H20N2O5S/c1-13(2,3)20-12(18)14-7-5-9-15(10(7)16)8(6-21-9)11(17)19-4/h7-9H,5-6H2,1-4H3,(H,14,18)/t7-,8-,9-/m1/s1. The lowest BCUT2D eigenvalue weighted by Gasteiger charge is -2.23. The number of carbonyl (C=O) groups is 3. The van der Waals surface area contributed by atoms with Gasteiger partial charge in [-0.1, -0.05) is 0 Å². The first-order chi connectivity index (χ1) is 9.73. The Morgan fingerprint density at radius 1 is 1.38 bits per heavy atom. The molecule has 0 bridgehead atoms. The molecule has 2 aliphatic heterocycles. The van der Waals surface area contributed by atoms with Crippen LogP contribution in [0.5, 0.6) is 0 Å². The first kappa shape index (κ1) is 15.9. The summed E-state index contributed by atoms with van der Waals surface area (Å²) in [7, 11) is 1.30. The van der Waals surface area contributed by atoms with Gasteiger partial charge in [-0.2, -0.15) is 0 Å². The number of nitrogens with one attached hydrogen (secondary N) is 1. The largest absolute Gasteiger partial charge is 0.467 e. The molecule has 1 N–H and O–H groups in total. The molecule has 118 valence electrons. The summed E-state index contributed by atoms with van der Waals surface area (Å²) in [6.45, 7) is 5.26. The lowest BCUT2D eigenvalue weighted by Crippen LogP contribution is -2.48. The monoisotopic (exact) mass is 316 g/mol. The average Bonchev–Trinajstić information content (AvgIpc) is 2.88. The second kappa shape index (κ2) is 5.75. The molecule has 0 aromatic carbocycles. The van der Waals surface area contributed by atoms with E-state index in [0.29, 0.717) is 12.2 Å². The van der Waals surface area contributed by atoms with Crippen molar-refractivity contribution in [2.24, 2.45) is 0 Å². The van der Waals surface area contributed by atoms with Crippen molar-refractivity contribution < 1.29 is 23.9 Å². The van der Waals surface area contributed by atoms with Crippen LogP contribution in [0.25, 0.3) is 0 Å². The third-order valence-electron chi connectivity index (χ3n) is 3.25. The van der Waals surface area contributed by atoms with E-state index in [2.05, 4.69) is 5.32 Å². The smallest absolute Gasteiger partial charge is 0.408 e. The van der Waals surface area contributed by atoms with Gasteiger partial charge in [0.15, 0.2) is 0 Å². The highest BCUT2D eigenvalue weighted by Crippen LogP contribution is 2.38. The number of fused-ring (bicyclic) bond motifs is 1. The third-order valence-corrected chi connectivity index (χ3v) is 4.56. The van der Waals surface area contributed by atoms with Gasteiger partial charge >= 0.3 is 12.1 Å². The summed E-state index contributed by atoms with van der Waals surface area (Å²) in [4.78, 5) is 37.3. The Hall–Kier alpha value is -1.44. The van der Waals surface area contributed by atoms with E-state index in [-0.39, 0.29) is 11.3 Å². The van der Waals surface area contributed by atoms with Gasteiger partial charge in [0, 0.05) is 12.2 Å². The first-order valence-corrected chi connectivity index (χ1v) is 7.79. The average molecular weight is 316 g/mol. The molecular weight excluding hydrogens is 296 g/mol. The summed E-state index contributed by atoms with van der Waals surface area (Å²) >= 11 is 1.52. The fourth-order valence-electron chi connectivity index (χ4n) is 2.41. The quantitative estimate of drug-likeness (QED) is 0.756. The number of carbonyl (C=O) groups excluding carboxylic acids is 3. The van der Waals surface area contributed by atoms with E-state index in [9.17, 15) is 14.4 Å². The Morgan fingerprint density at radius 3 is 2.62 bits per heavy atom. The molecule has 2 amide bonds. The minimum Gasteiger partial charge on any atom is -0.467 e. The molecule has 3 atom stereocenters. The predicted molar refractivity (Wildman–Crippen MR) is 76.7 cm³/mol. The maximum atomic E-state index is 12.4. The summed E-state index contributed by atoms with van der Waals surface area (Å²) in [5.74, 6) is -0.148. The highest BCUT2D eigenvalue weighted by molar-refractivity contribution is 8.00. The number of methoxy groups -OCH3 is 1. The molecule has 21 heavy (non-hydrogen) atoms. The third kappa shape index (κ3) is 3.42. The van der Waals surface area contributed by atoms with Crippen molar-refractivity contribution in [3.63, 3.8) is 0 Å². The van der Waals surface area contributed by atoms with Gasteiger partial charge in [-0.3, -0.25) is 4.79 Å². The number of amides is 2. The van der Waals surface area contributed by atoms with Crippen LogP contribution in [0.15, 0.2) is 0 Å². The molecule has 2 aliphatic rings. The van der Waals surface area contributed by atoms with Gasteiger partial charge < -0.3 is 19.7 Å². The molecule has 2 fully saturated rings. The van der Waals surface area contributed by atoms with E-state index < -0.39 is 29.7 Å². The molecular formula is C13H20N2O5S. The van der Waals surface area contributed by atoms with E-state index in [1.165, 1.54) is 23.8 Å². The van der Waals surface area contributed by atoms with Crippen LogP contribution >= 0.6 is 11.8 Å². The minimum atomic E-state index is -0.648. The fourth-order valence-corrected chi connectivity index (χ4v) is 3.85. The van der Waals surface area contributed by atoms with Gasteiger partial charge in [0.1, 0.15) is 17.7 Å². The zero-order chi connectivity index (χ0) is 15.8. The summed E-state index contributed by atoms with van der Waals surface area (Å²) in [6, 6.07) is -1.22. The summed E-state index contributed by atoms with van der Waals surface area (Å²) in [6.07, 6.45) is -0.155. The maximum Gasteiger partial charge on any atom is 0.408 e. The second-order valence-electron chi connectivity index (χ2n) is 6.01. The topological polar surface area (TPSA) is 84.9 Å². The van der Waals surface area contributed by atoms with Crippen LogP contribution in [-0.2, 0) is 19.1 Å². The summed E-state index contributed by atoms with van der Waals surface area (Å²) < 4.78 is 9.86. The van der Waals surface area contributed by atoms with Crippen LogP contribution in [0.3, 0.4) is 0 Å². The molecule has 0 radical (unpaired) electrons. The van der Waals surface area contributed by atoms with Gasteiger partial charge in [-0.15, -0.1) is 11.8 Å². The number of ether oxygens (including phenoxy) is 2. The summed E-state index contributed by atoms with van der Waals surface area (Å²) in [5.41, 5.74) is -0.620. The molecule has 0 aliphatic carbocycles. The van der Waals surface area contributed by atoms with Crippen molar-refractivity contribution >= 4 is 29.7 Å². The van der Waals surface area contributed by atoms with Crippen LogP contribution < -0.4 is 5.32 Å². The molecule has 8 heteroatoms. The Labute approximate surface area is 127 Å². The van der Waals surface area contributed by atoms with Crippen LogP contribution in [0.4, 0.5) is 4.79 Å². The lowest BCUT2D eigenvalue weighted by molar-refractivity contribution is -0.150. The first-order valence-electron chi connectivity index (χ1n) is 6.74. The number of thioether (sulfide) groups is 1. The van der Waals surface area contributed by atoms with Gasteiger partial charge in [0.2, 0.25) is 5.91 Å².